The molecule has 0 saturated carbocycles. The van der Waals surface area contributed by atoms with Gasteiger partial charge in [0.05, 0.1) is 0 Å². The Labute approximate surface area is 141 Å². The number of rotatable bonds is 4. The Bertz CT molecular complexity index is 493. The van der Waals surface area contributed by atoms with Crippen molar-refractivity contribution in [2.24, 2.45) is 5.73 Å². The molecule has 1 fully saturated rings. The number of carbonyl (C=O) groups is 1. The highest BCUT2D eigenvalue weighted by atomic mass is 16.2. The van der Waals surface area contributed by atoms with Crippen molar-refractivity contribution in [3.05, 3.63) is 35.4 Å². The van der Waals surface area contributed by atoms with Crippen LogP contribution in [0.5, 0.6) is 0 Å². The summed E-state index contributed by atoms with van der Waals surface area (Å²) in [5.41, 5.74) is 8.62. The Kier molecular flexibility index (Phi) is 6.23. The highest BCUT2D eigenvalue weighted by Gasteiger charge is 2.21. The molecule has 23 heavy (non-hydrogen) atoms. The van der Waals surface area contributed by atoms with Gasteiger partial charge in [-0.1, -0.05) is 57.9 Å². The maximum atomic E-state index is 12.6. The minimum Gasteiger partial charge on any atom is -0.343 e. The Morgan fingerprint density at radius 1 is 1.09 bits per heavy atom. The number of hydrogen-bond acceptors (Lipinski definition) is 2. The van der Waals surface area contributed by atoms with Gasteiger partial charge in [-0.05, 0) is 35.9 Å². The smallest absolute Gasteiger partial charge is 0.223 e. The van der Waals surface area contributed by atoms with Crippen LogP contribution < -0.4 is 5.73 Å². The minimum atomic E-state index is 0.125. The number of likely N-dealkylation sites (tertiary alicyclic amines) is 1. The Balaban J connectivity index is 2.02. The molecule has 3 heteroatoms. The molecule has 0 aromatic heterocycles. The van der Waals surface area contributed by atoms with E-state index < -0.39 is 0 Å². The van der Waals surface area contributed by atoms with Crippen molar-refractivity contribution in [3.63, 3.8) is 0 Å². The summed E-state index contributed by atoms with van der Waals surface area (Å²) >= 11 is 0. The second-order valence-corrected chi connectivity index (χ2v) is 7.80. The summed E-state index contributed by atoms with van der Waals surface area (Å²) in [5.74, 6) is 0.391. The molecule has 1 aliphatic rings. The molecule has 0 aliphatic carbocycles. The lowest BCUT2D eigenvalue weighted by atomic mass is 9.85. The first-order valence-electron chi connectivity index (χ1n) is 9.00. The van der Waals surface area contributed by atoms with Gasteiger partial charge in [0, 0.05) is 25.4 Å². The fraction of sp³-hybridized carbons (Fsp3) is 0.650. The van der Waals surface area contributed by atoms with Crippen LogP contribution >= 0.6 is 0 Å². The summed E-state index contributed by atoms with van der Waals surface area (Å²) in [4.78, 5) is 14.6. The van der Waals surface area contributed by atoms with Gasteiger partial charge in [-0.3, -0.25) is 4.79 Å². The van der Waals surface area contributed by atoms with E-state index in [-0.39, 0.29) is 17.2 Å². The summed E-state index contributed by atoms with van der Waals surface area (Å²) in [7, 11) is 0. The monoisotopic (exact) mass is 316 g/mol. The molecule has 1 aromatic carbocycles. The lowest BCUT2D eigenvalue weighted by molar-refractivity contribution is -0.131. The Morgan fingerprint density at radius 2 is 1.65 bits per heavy atom. The van der Waals surface area contributed by atoms with Crippen molar-refractivity contribution in [1.29, 1.82) is 0 Å². The lowest BCUT2D eigenvalue weighted by Crippen LogP contribution is -2.33. The van der Waals surface area contributed by atoms with Gasteiger partial charge in [0.15, 0.2) is 0 Å². The largest absolute Gasteiger partial charge is 0.343 e. The van der Waals surface area contributed by atoms with E-state index in [0.717, 1.165) is 25.9 Å². The molecular formula is C20H32N2O. The van der Waals surface area contributed by atoms with Gasteiger partial charge >= 0.3 is 0 Å². The highest BCUT2D eigenvalue weighted by molar-refractivity contribution is 5.77. The number of hydrogen-bond donors (Lipinski definition) is 1. The highest BCUT2D eigenvalue weighted by Crippen LogP contribution is 2.26. The molecule has 0 radical (unpaired) electrons. The summed E-state index contributed by atoms with van der Waals surface area (Å²) < 4.78 is 0. The lowest BCUT2D eigenvalue weighted by Gasteiger charge is -2.24. The number of nitrogens with zero attached hydrogens (tertiary/aromatic N) is 1. The third-order valence-corrected chi connectivity index (χ3v) is 4.91. The van der Waals surface area contributed by atoms with E-state index in [1.54, 1.807) is 0 Å². The third-order valence-electron chi connectivity index (χ3n) is 4.91. The summed E-state index contributed by atoms with van der Waals surface area (Å²) in [6.45, 7) is 8.99. The van der Waals surface area contributed by atoms with Gasteiger partial charge in [0.2, 0.25) is 5.91 Å². The van der Waals surface area contributed by atoms with Gasteiger partial charge in [0.1, 0.15) is 0 Å². The van der Waals surface area contributed by atoms with Gasteiger partial charge in [-0.2, -0.15) is 0 Å². The molecule has 1 aliphatic heterocycles. The molecule has 3 nitrogen and oxygen atoms in total. The normalized spacial score (nSPS) is 17.7. The fourth-order valence-electron chi connectivity index (χ4n) is 3.25. The summed E-state index contributed by atoms with van der Waals surface area (Å²) in [6, 6.07) is 8.64. The van der Waals surface area contributed by atoms with E-state index in [0.29, 0.717) is 13.0 Å². The minimum absolute atomic E-state index is 0.125. The van der Waals surface area contributed by atoms with E-state index in [1.807, 2.05) is 4.90 Å². The molecule has 1 atom stereocenters. The van der Waals surface area contributed by atoms with E-state index in [1.165, 1.54) is 24.0 Å². The SMILES string of the molecule is CC(C)(C)c1ccc(C(CN)CC(=O)N2CCCCCC2)cc1. The first-order valence-corrected chi connectivity index (χ1v) is 9.00. The molecule has 1 unspecified atom stereocenters. The quantitative estimate of drug-likeness (QED) is 0.918. The second kappa shape index (κ2) is 7.96. The third kappa shape index (κ3) is 5.07. The van der Waals surface area contributed by atoms with Crippen molar-refractivity contribution in [1.82, 2.24) is 4.90 Å². The van der Waals surface area contributed by atoms with Crippen LogP contribution in [0.1, 0.15) is 69.9 Å². The molecule has 128 valence electrons. The van der Waals surface area contributed by atoms with Crippen LogP contribution in [0.3, 0.4) is 0 Å². The van der Waals surface area contributed by atoms with E-state index in [4.69, 9.17) is 5.73 Å². The zero-order valence-electron chi connectivity index (χ0n) is 15.0. The molecule has 0 spiro atoms. The van der Waals surface area contributed by atoms with Gasteiger partial charge in [0.25, 0.3) is 0 Å². The van der Waals surface area contributed by atoms with Crippen molar-refractivity contribution < 1.29 is 4.79 Å². The predicted octanol–water partition coefficient (Wildman–Crippen LogP) is 3.82. The Hall–Kier alpha value is -1.35. The van der Waals surface area contributed by atoms with Crippen molar-refractivity contribution in [3.8, 4) is 0 Å². The topological polar surface area (TPSA) is 46.3 Å². The van der Waals surface area contributed by atoms with Crippen LogP contribution in [-0.4, -0.2) is 30.4 Å². The average molecular weight is 316 g/mol. The maximum Gasteiger partial charge on any atom is 0.223 e. The van der Waals surface area contributed by atoms with Crippen molar-refractivity contribution >= 4 is 5.91 Å². The van der Waals surface area contributed by atoms with Crippen LogP contribution in [0.2, 0.25) is 0 Å². The van der Waals surface area contributed by atoms with Crippen molar-refractivity contribution in [2.75, 3.05) is 19.6 Å². The molecule has 1 heterocycles. The molecule has 2 rings (SSSR count). The number of carbonyl (C=O) groups excluding carboxylic acids is 1. The second-order valence-electron chi connectivity index (χ2n) is 7.80. The molecular weight excluding hydrogens is 284 g/mol. The standard InChI is InChI=1S/C20H32N2O/c1-20(2,3)18-10-8-16(9-11-18)17(15-21)14-19(23)22-12-6-4-5-7-13-22/h8-11,17H,4-7,12-15,21H2,1-3H3. The molecule has 1 amide bonds. The zero-order valence-corrected chi connectivity index (χ0v) is 15.0. The van der Waals surface area contributed by atoms with E-state index >= 15 is 0 Å². The molecule has 2 N–H and O–H groups in total. The fourth-order valence-corrected chi connectivity index (χ4v) is 3.25. The van der Waals surface area contributed by atoms with Crippen LogP contribution in [0.25, 0.3) is 0 Å². The molecule has 0 bridgehead atoms. The van der Waals surface area contributed by atoms with Gasteiger partial charge in [-0.25, -0.2) is 0 Å². The maximum absolute atomic E-state index is 12.6. The first kappa shape index (κ1) is 18.0. The Morgan fingerprint density at radius 3 is 2.13 bits per heavy atom. The molecule has 1 saturated heterocycles. The number of nitrogens with two attached hydrogens (primary N) is 1. The van der Waals surface area contributed by atoms with E-state index in [2.05, 4.69) is 45.0 Å². The number of benzene rings is 1. The predicted molar refractivity (Wildman–Crippen MR) is 96.6 cm³/mol. The van der Waals surface area contributed by atoms with Crippen LogP contribution in [0.15, 0.2) is 24.3 Å². The summed E-state index contributed by atoms with van der Waals surface area (Å²) in [6.07, 6.45) is 5.31. The molecule has 1 aromatic rings. The van der Waals surface area contributed by atoms with E-state index in [9.17, 15) is 4.79 Å². The average Bonchev–Trinajstić information content (AvgIpc) is 2.81. The van der Waals surface area contributed by atoms with Crippen molar-refractivity contribution in [2.45, 2.75) is 64.2 Å². The number of amides is 1. The van der Waals surface area contributed by atoms with Crippen LogP contribution in [0.4, 0.5) is 0 Å². The first-order chi connectivity index (χ1) is 10.9. The van der Waals surface area contributed by atoms with Gasteiger partial charge < -0.3 is 10.6 Å². The van der Waals surface area contributed by atoms with Gasteiger partial charge in [-0.15, -0.1) is 0 Å². The summed E-state index contributed by atoms with van der Waals surface area (Å²) in [5, 5.41) is 0. The van der Waals surface area contributed by atoms with Crippen LogP contribution in [0, 0.1) is 0 Å². The van der Waals surface area contributed by atoms with Crippen LogP contribution in [-0.2, 0) is 10.2 Å². The zero-order chi connectivity index (χ0) is 16.9.